The van der Waals surface area contributed by atoms with Gasteiger partial charge in [-0.3, -0.25) is 4.79 Å². The minimum absolute atomic E-state index is 0.0722. The number of hydrogen-bond acceptors (Lipinski definition) is 4. The van der Waals surface area contributed by atoms with E-state index in [4.69, 9.17) is 9.26 Å². The number of carbonyl (C=O) groups is 1. The first-order valence-corrected chi connectivity index (χ1v) is 4.43. The summed E-state index contributed by atoms with van der Waals surface area (Å²) in [7, 11) is 0. The summed E-state index contributed by atoms with van der Waals surface area (Å²) in [4.78, 5) is 11.7. The highest BCUT2D eigenvalue weighted by molar-refractivity contribution is 5.95. The van der Waals surface area contributed by atoms with Crippen LogP contribution in [-0.2, 0) is 9.53 Å². The van der Waals surface area contributed by atoms with Crippen LogP contribution >= 0.6 is 0 Å². The standard InChI is InChI=1S/C9H12N2O3/c1-6-3-7(11-14-6)10-8(12)9(2)4-13-5-9/h3H,4-5H2,1-2H3,(H,10,11,12). The topological polar surface area (TPSA) is 64.4 Å². The number of carbonyl (C=O) groups excluding carboxylic acids is 1. The molecule has 0 bridgehead atoms. The van der Waals surface area contributed by atoms with Gasteiger partial charge in [-0.15, -0.1) is 0 Å². The van der Waals surface area contributed by atoms with Crippen LogP contribution in [0.25, 0.3) is 0 Å². The Labute approximate surface area is 81.4 Å². The first kappa shape index (κ1) is 9.21. The van der Waals surface area contributed by atoms with Gasteiger partial charge in [0.15, 0.2) is 5.82 Å². The van der Waals surface area contributed by atoms with Crippen LogP contribution < -0.4 is 5.32 Å². The molecule has 1 aliphatic rings. The fraction of sp³-hybridized carbons (Fsp3) is 0.556. The molecule has 1 aliphatic heterocycles. The Morgan fingerprint density at radius 3 is 2.79 bits per heavy atom. The van der Waals surface area contributed by atoms with Gasteiger partial charge >= 0.3 is 0 Å². The molecule has 0 radical (unpaired) electrons. The molecule has 1 N–H and O–H groups in total. The maximum absolute atomic E-state index is 11.7. The molecule has 1 aromatic rings. The van der Waals surface area contributed by atoms with Crippen LogP contribution in [-0.4, -0.2) is 24.3 Å². The van der Waals surface area contributed by atoms with Crippen LogP contribution in [0.3, 0.4) is 0 Å². The predicted octanol–water partition coefficient (Wildman–Crippen LogP) is 0.958. The Balaban J connectivity index is 2.01. The number of nitrogens with one attached hydrogen (secondary N) is 1. The summed E-state index contributed by atoms with van der Waals surface area (Å²) in [6.45, 7) is 4.57. The largest absolute Gasteiger partial charge is 0.379 e. The van der Waals surface area contributed by atoms with Gasteiger partial charge in [-0.25, -0.2) is 0 Å². The lowest BCUT2D eigenvalue weighted by molar-refractivity contribution is -0.151. The van der Waals surface area contributed by atoms with Crippen molar-refractivity contribution in [3.63, 3.8) is 0 Å². The van der Waals surface area contributed by atoms with Crippen LogP contribution in [0, 0.1) is 12.3 Å². The number of nitrogens with zero attached hydrogens (tertiary/aromatic N) is 1. The molecule has 0 aromatic carbocycles. The van der Waals surface area contributed by atoms with E-state index in [-0.39, 0.29) is 5.91 Å². The Morgan fingerprint density at radius 1 is 1.64 bits per heavy atom. The van der Waals surface area contributed by atoms with E-state index in [2.05, 4.69) is 10.5 Å². The molecule has 0 spiro atoms. The molecule has 1 fully saturated rings. The third-order valence-corrected chi connectivity index (χ3v) is 2.26. The van der Waals surface area contributed by atoms with E-state index in [9.17, 15) is 4.79 Å². The van der Waals surface area contributed by atoms with Gasteiger partial charge in [-0.05, 0) is 13.8 Å². The van der Waals surface area contributed by atoms with Gasteiger partial charge in [0.05, 0.1) is 18.6 Å². The Hall–Kier alpha value is -1.36. The average molecular weight is 196 g/mol. The highest BCUT2D eigenvalue weighted by Gasteiger charge is 2.41. The van der Waals surface area contributed by atoms with E-state index >= 15 is 0 Å². The van der Waals surface area contributed by atoms with Crippen molar-refractivity contribution in [3.8, 4) is 0 Å². The van der Waals surface area contributed by atoms with Crippen molar-refractivity contribution in [3.05, 3.63) is 11.8 Å². The number of rotatable bonds is 2. The molecular formula is C9H12N2O3. The second-order valence-corrected chi connectivity index (χ2v) is 3.83. The first-order valence-electron chi connectivity index (χ1n) is 4.43. The SMILES string of the molecule is Cc1cc(NC(=O)C2(C)COC2)no1. The average Bonchev–Trinajstić information content (AvgIpc) is 2.47. The molecule has 1 aromatic heterocycles. The number of aromatic nitrogens is 1. The molecule has 5 nitrogen and oxygen atoms in total. The summed E-state index contributed by atoms with van der Waals surface area (Å²) in [5.41, 5.74) is -0.410. The monoisotopic (exact) mass is 196 g/mol. The van der Waals surface area contributed by atoms with Crippen molar-refractivity contribution in [2.45, 2.75) is 13.8 Å². The quantitative estimate of drug-likeness (QED) is 0.765. The van der Waals surface area contributed by atoms with Crippen LogP contribution in [0.2, 0.25) is 0 Å². The van der Waals surface area contributed by atoms with Crippen molar-refractivity contribution < 1.29 is 14.1 Å². The maximum atomic E-state index is 11.7. The fourth-order valence-corrected chi connectivity index (χ4v) is 1.23. The number of ether oxygens (including phenoxy) is 1. The summed E-state index contributed by atoms with van der Waals surface area (Å²) in [6, 6.07) is 1.68. The number of aryl methyl sites for hydroxylation is 1. The molecule has 14 heavy (non-hydrogen) atoms. The third kappa shape index (κ3) is 1.50. The van der Waals surface area contributed by atoms with E-state index in [1.165, 1.54) is 0 Å². The highest BCUT2D eigenvalue weighted by atomic mass is 16.5. The number of amides is 1. The van der Waals surface area contributed by atoms with Gasteiger partial charge in [-0.1, -0.05) is 5.16 Å². The zero-order chi connectivity index (χ0) is 10.2. The summed E-state index contributed by atoms with van der Waals surface area (Å²) < 4.78 is 9.83. The Bertz CT molecular complexity index is 355. The highest BCUT2D eigenvalue weighted by Crippen LogP contribution is 2.27. The first-order chi connectivity index (χ1) is 6.60. The molecular weight excluding hydrogens is 184 g/mol. The number of hydrogen-bond donors (Lipinski definition) is 1. The molecule has 0 saturated carbocycles. The molecule has 1 saturated heterocycles. The summed E-state index contributed by atoms with van der Waals surface area (Å²) in [5, 5.41) is 6.36. The zero-order valence-electron chi connectivity index (χ0n) is 8.16. The molecule has 0 atom stereocenters. The van der Waals surface area contributed by atoms with Crippen LogP contribution in [0.1, 0.15) is 12.7 Å². The van der Waals surface area contributed by atoms with Crippen molar-refractivity contribution >= 4 is 11.7 Å². The van der Waals surface area contributed by atoms with E-state index in [0.717, 1.165) is 0 Å². The van der Waals surface area contributed by atoms with Gasteiger partial charge in [0.1, 0.15) is 5.76 Å². The van der Waals surface area contributed by atoms with Gasteiger partial charge in [-0.2, -0.15) is 0 Å². The third-order valence-electron chi connectivity index (χ3n) is 2.26. The van der Waals surface area contributed by atoms with E-state index in [1.807, 2.05) is 6.92 Å². The lowest BCUT2D eigenvalue weighted by atomic mass is 9.88. The zero-order valence-corrected chi connectivity index (χ0v) is 8.16. The Kier molecular flexibility index (Phi) is 2.03. The van der Waals surface area contributed by atoms with Crippen LogP contribution in [0.4, 0.5) is 5.82 Å². The van der Waals surface area contributed by atoms with Gasteiger partial charge in [0.2, 0.25) is 5.91 Å². The molecule has 1 amide bonds. The molecule has 5 heteroatoms. The summed E-state index contributed by atoms with van der Waals surface area (Å²) in [6.07, 6.45) is 0. The lowest BCUT2D eigenvalue weighted by Crippen LogP contribution is -2.49. The second kappa shape index (κ2) is 3.09. The molecule has 2 rings (SSSR count). The van der Waals surface area contributed by atoms with E-state index < -0.39 is 5.41 Å². The molecule has 0 unspecified atom stereocenters. The smallest absolute Gasteiger partial charge is 0.236 e. The molecule has 0 aliphatic carbocycles. The van der Waals surface area contributed by atoms with Crippen molar-refractivity contribution in [2.75, 3.05) is 18.5 Å². The Morgan fingerprint density at radius 2 is 2.36 bits per heavy atom. The normalized spacial score (nSPS) is 18.7. The minimum Gasteiger partial charge on any atom is -0.379 e. The predicted molar refractivity (Wildman–Crippen MR) is 48.8 cm³/mol. The van der Waals surface area contributed by atoms with Gasteiger partial charge in [0, 0.05) is 6.07 Å². The number of anilines is 1. The second-order valence-electron chi connectivity index (χ2n) is 3.83. The minimum atomic E-state index is -0.410. The summed E-state index contributed by atoms with van der Waals surface area (Å²) in [5.74, 6) is 1.06. The van der Waals surface area contributed by atoms with Gasteiger partial charge < -0.3 is 14.6 Å². The summed E-state index contributed by atoms with van der Waals surface area (Å²) >= 11 is 0. The van der Waals surface area contributed by atoms with Crippen molar-refractivity contribution in [1.82, 2.24) is 5.16 Å². The molecule has 2 heterocycles. The van der Waals surface area contributed by atoms with E-state index in [1.54, 1.807) is 13.0 Å². The van der Waals surface area contributed by atoms with Crippen LogP contribution in [0.15, 0.2) is 10.6 Å². The molecule has 76 valence electrons. The van der Waals surface area contributed by atoms with Crippen molar-refractivity contribution in [1.29, 1.82) is 0 Å². The lowest BCUT2D eigenvalue weighted by Gasteiger charge is -2.35. The maximum Gasteiger partial charge on any atom is 0.236 e. The van der Waals surface area contributed by atoms with Gasteiger partial charge in [0.25, 0.3) is 0 Å². The van der Waals surface area contributed by atoms with E-state index in [0.29, 0.717) is 24.8 Å². The fourth-order valence-electron chi connectivity index (χ4n) is 1.23. The van der Waals surface area contributed by atoms with Crippen LogP contribution in [0.5, 0.6) is 0 Å². The van der Waals surface area contributed by atoms with Crippen molar-refractivity contribution in [2.24, 2.45) is 5.41 Å².